The van der Waals surface area contributed by atoms with Gasteiger partial charge in [0.15, 0.2) is 0 Å². The summed E-state index contributed by atoms with van der Waals surface area (Å²) in [7, 11) is 3.18. The molecule has 1 unspecified atom stereocenters. The van der Waals surface area contributed by atoms with Gasteiger partial charge < -0.3 is 4.74 Å². The van der Waals surface area contributed by atoms with Crippen LogP contribution >= 0.6 is 11.8 Å². The highest BCUT2D eigenvalue weighted by Gasteiger charge is 2.41. The zero-order chi connectivity index (χ0) is 10.8. The van der Waals surface area contributed by atoms with Crippen molar-refractivity contribution >= 4 is 22.9 Å². The molecule has 0 aromatic heterocycles. The van der Waals surface area contributed by atoms with E-state index in [1.807, 2.05) is 17.9 Å². The Morgan fingerprint density at radius 1 is 1.79 bits per heavy atom. The summed E-state index contributed by atoms with van der Waals surface area (Å²) in [5, 5.41) is 3.71. The predicted molar refractivity (Wildman–Crippen MR) is 55.9 cm³/mol. The van der Waals surface area contributed by atoms with Gasteiger partial charge in [-0.2, -0.15) is 0 Å². The zero-order valence-electron chi connectivity index (χ0n) is 8.40. The van der Waals surface area contributed by atoms with E-state index in [9.17, 15) is 4.79 Å². The summed E-state index contributed by atoms with van der Waals surface area (Å²) >= 11 is 1.48. The van der Waals surface area contributed by atoms with Crippen LogP contribution in [-0.4, -0.2) is 41.8 Å². The maximum atomic E-state index is 11.4. The van der Waals surface area contributed by atoms with E-state index in [2.05, 4.69) is 10.1 Å². The molecule has 78 valence electrons. The number of carbonyl (C=O) groups excluding carboxylic acids is 1. The van der Waals surface area contributed by atoms with Crippen LogP contribution in [0.1, 0.15) is 0 Å². The minimum Gasteiger partial charge on any atom is -0.464 e. The van der Waals surface area contributed by atoms with Gasteiger partial charge in [-0.1, -0.05) is 0 Å². The number of amidine groups is 1. The average Bonchev–Trinajstić information content (AvgIpc) is 2.20. The average molecular weight is 216 g/mol. The lowest BCUT2D eigenvalue weighted by molar-refractivity contribution is -0.424. The molecule has 0 aromatic carbocycles. The molecule has 6 heteroatoms. The number of hydrogen-bond acceptors (Lipinski definition) is 5. The van der Waals surface area contributed by atoms with Crippen LogP contribution in [0.3, 0.4) is 0 Å². The van der Waals surface area contributed by atoms with E-state index in [0.29, 0.717) is 0 Å². The highest BCUT2D eigenvalue weighted by molar-refractivity contribution is 8.13. The van der Waals surface area contributed by atoms with Gasteiger partial charge in [-0.3, -0.25) is 5.73 Å². The summed E-state index contributed by atoms with van der Waals surface area (Å²) in [5.74, 6) is -0.506. The molecule has 5 nitrogen and oxygen atoms in total. The normalized spacial score (nSPS) is 26.0. The molecule has 0 saturated carbocycles. The molecular weight excluding hydrogens is 202 g/mol. The molecule has 0 aliphatic carbocycles. The standard InChI is InChI=1S/C8H13N3O2S/c1-11-5-4-8(9,6(12)13-2)10-7(11)14-3/h4-5H,9H2,1-3H3/p+1. The zero-order valence-corrected chi connectivity index (χ0v) is 9.22. The molecule has 14 heavy (non-hydrogen) atoms. The lowest BCUT2D eigenvalue weighted by Crippen LogP contribution is -2.62. The summed E-state index contributed by atoms with van der Waals surface area (Å²) in [4.78, 5) is 11.4. The number of carbonyl (C=O) groups is 1. The van der Waals surface area contributed by atoms with Crippen molar-refractivity contribution in [2.24, 2.45) is 5.73 Å². The van der Waals surface area contributed by atoms with Gasteiger partial charge in [0, 0.05) is 6.08 Å². The molecular formula is C8H14N3O2S+. The number of rotatable bonds is 1. The Morgan fingerprint density at radius 3 is 2.93 bits per heavy atom. The minimum absolute atomic E-state index is 0.506. The fourth-order valence-electron chi connectivity index (χ4n) is 1.09. The van der Waals surface area contributed by atoms with Crippen LogP contribution in [0.5, 0.6) is 0 Å². The van der Waals surface area contributed by atoms with Crippen molar-refractivity contribution in [2.45, 2.75) is 5.66 Å². The molecule has 1 heterocycles. The van der Waals surface area contributed by atoms with E-state index in [1.165, 1.54) is 18.9 Å². The van der Waals surface area contributed by atoms with Crippen molar-refractivity contribution in [3.63, 3.8) is 0 Å². The van der Waals surface area contributed by atoms with Crippen molar-refractivity contribution in [2.75, 3.05) is 20.4 Å². The van der Waals surface area contributed by atoms with Gasteiger partial charge in [-0.25, -0.2) is 14.7 Å². The van der Waals surface area contributed by atoms with E-state index in [0.717, 1.165) is 5.17 Å². The Balaban J connectivity index is 2.92. The minimum atomic E-state index is -1.25. The number of thioether (sulfide) groups is 1. The molecule has 1 rings (SSSR count). The molecule has 1 aliphatic heterocycles. The Labute approximate surface area is 87.0 Å². The summed E-state index contributed by atoms with van der Waals surface area (Å²) in [5.41, 5.74) is 4.56. The van der Waals surface area contributed by atoms with E-state index >= 15 is 0 Å². The molecule has 0 amide bonds. The van der Waals surface area contributed by atoms with Crippen molar-refractivity contribution < 1.29 is 14.1 Å². The summed E-state index contributed by atoms with van der Waals surface area (Å²) in [6.07, 6.45) is 5.20. The fraction of sp³-hybridized carbons (Fsp3) is 0.500. The maximum absolute atomic E-state index is 11.4. The highest BCUT2D eigenvalue weighted by Crippen LogP contribution is 2.09. The smallest absolute Gasteiger partial charge is 0.374 e. The van der Waals surface area contributed by atoms with E-state index in [4.69, 9.17) is 5.73 Å². The van der Waals surface area contributed by atoms with Crippen LogP contribution in [0, 0.1) is 0 Å². The highest BCUT2D eigenvalue weighted by atomic mass is 32.2. The third-order valence-electron chi connectivity index (χ3n) is 1.91. The SMILES string of the molecule is COC(=O)C1(N)C=C[N+](C)=C(SC)N1. The largest absolute Gasteiger partial charge is 0.464 e. The van der Waals surface area contributed by atoms with Gasteiger partial charge in [-0.05, 0) is 18.0 Å². The van der Waals surface area contributed by atoms with Crippen molar-refractivity contribution in [1.29, 1.82) is 0 Å². The van der Waals surface area contributed by atoms with Crippen LogP contribution in [0.4, 0.5) is 0 Å². The Hall–Kier alpha value is -1.01. The van der Waals surface area contributed by atoms with E-state index < -0.39 is 11.6 Å². The lowest BCUT2D eigenvalue weighted by atomic mass is 10.1. The second kappa shape index (κ2) is 4.02. The predicted octanol–water partition coefficient (Wildman–Crippen LogP) is -0.707. The number of nitrogens with two attached hydrogens (primary N) is 1. The second-order valence-electron chi connectivity index (χ2n) is 2.92. The van der Waals surface area contributed by atoms with Gasteiger partial charge in [0.2, 0.25) is 0 Å². The van der Waals surface area contributed by atoms with Gasteiger partial charge >= 0.3 is 11.1 Å². The second-order valence-corrected chi connectivity index (χ2v) is 3.72. The van der Waals surface area contributed by atoms with Gasteiger partial charge in [0.25, 0.3) is 5.66 Å². The number of hydrogen-bond donors (Lipinski definition) is 2. The summed E-state index contributed by atoms with van der Waals surface area (Å²) in [6, 6.07) is 0. The van der Waals surface area contributed by atoms with Crippen molar-refractivity contribution in [3.8, 4) is 0 Å². The van der Waals surface area contributed by atoms with Gasteiger partial charge in [0.1, 0.15) is 0 Å². The van der Waals surface area contributed by atoms with Gasteiger partial charge in [-0.15, -0.1) is 0 Å². The summed E-state index contributed by atoms with van der Waals surface area (Å²) < 4.78 is 6.45. The number of esters is 1. The van der Waals surface area contributed by atoms with Crippen LogP contribution in [-0.2, 0) is 9.53 Å². The fourth-order valence-corrected chi connectivity index (χ4v) is 1.71. The monoisotopic (exact) mass is 216 g/mol. The molecule has 0 saturated heterocycles. The molecule has 0 fully saturated rings. The quantitative estimate of drug-likeness (QED) is 0.448. The molecule has 0 bridgehead atoms. The van der Waals surface area contributed by atoms with Crippen molar-refractivity contribution in [1.82, 2.24) is 5.32 Å². The molecule has 3 N–H and O–H groups in total. The third kappa shape index (κ3) is 1.91. The Bertz CT molecular complexity index is 314. The first kappa shape index (κ1) is 11.1. The molecule has 1 atom stereocenters. The van der Waals surface area contributed by atoms with Crippen molar-refractivity contribution in [3.05, 3.63) is 12.3 Å². The number of methoxy groups -OCH3 is 1. The number of ether oxygens (including phenoxy) is 1. The Morgan fingerprint density at radius 2 is 2.43 bits per heavy atom. The Kier molecular flexibility index (Phi) is 3.17. The molecule has 0 aromatic rings. The van der Waals surface area contributed by atoms with Crippen LogP contribution in [0.15, 0.2) is 12.3 Å². The maximum Gasteiger partial charge on any atom is 0.374 e. The lowest BCUT2D eigenvalue weighted by Gasteiger charge is -2.23. The topological polar surface area (TPSA) is 67.4 Å². The summed E-state index contributed by atoms with van der Waals surface area (Å²) in [6.45, 7) is 0. The number of nitrogens with zero attached hydrogens (tertiary/aromatic N) is 1. The van der Waals surface area contributed by atoms with Gasteiger partial charge in [0.05, 0.1) is 20.4 Å². The first-order valence-electron chi connectivity index (χ1n) is 4.02. The van der Waals surface area contributed by atoms with Crippen LogP contribution in [0.2, 0.25) is 0 Å². The number of nitrogens with one attached hydrogen (secondary N) is 1. The first-order valence-corrected chi connectivity index (χ1v) is 5.24. The molecule has 0 radical (unpaired) electrons. The van der Waals surface area contributed by atoms with E-state index in [-0.39, 0.29) is 0 Å². The van der Waals surface area contributed by atoms with E-state index in [1.54, 1.807) is 12.3 Å². The third-order valence-corrected chi connectivity index (χ3v) is 2.69. The molecule has 0 spiro atoms. The van der Waals surface area contributed by atoms with Crippen LogP contribution < -0.4 is 11.1 Å². The molecule has 1 aliphatic rings. The first-order chi connectivity index (χ1) is 6.53. The van der Waals surface area contributed by atoms with Crippen LogP contribution in [0.25, 0.3) is 0 Å².